The lowest BCUT2D eigenvalue weighted by Crippen LogP contribution is -2.09. The summed E-state index contributed by atoms with van der Waals surface area (Å²) in [5.41, 5.74) is -0.181. The van der Waals surface area contributed by atoms with E-state index in [0.717, 1.165) is 0 Å². The Morgan fingerprint density at radius 3 is 3.00 bits per heavy atom. The maximum absolute atomic E-state index is 10.9. The predicted octanol–water partition coefficient (Wildman–Crippen LogP) is 1.39. The number of phenols is 1. The van der Waals surface area contributed by atoms with E-state index in [2.05, 4.69) is 25.9 Å². The van der Waals surface area contributed by atoms with E-state index < -0.39 is 5.69 Å². The topological polar surface area (TPSA) is 66.0 Å². The van der Waals surface area contributed by atoms with Gasteiger partial charge in [-0.25, -0.2) is 4.79 Å². The summed E-state index contributed by atoms with van der Waals surface area (Å²) in [5.74, 6) is 0.00398. The molecule has 0 amide bonds. The summed E-state index contributed by atoms with van der Waals surface area (Å²) in [6, 6.07) is 4.92. The highest BCUT2D eigenvalue weighted by molar-refractivity contribution is 9.10. The number of halogens is 1. The van der Waals surface area contributed by atoms with E-state index in [9.17, 15) is 9.90 Å². The molecule has 0 bridgehead atoms. The number of nitrogens with one attached hydrogen (secondary N) is 1. The monoisotopic (exact) mass is 240 g/mol. The molecule has 0 aliphatic heterocycles. The molecule has 4 nitrogen and oxygen atoms in total. The zero-order valence-electron chi connectivity index (χ0n) is 6.41. The minimum Gasteiger partial charge on any atom is -0.506 e. The lowest BCUT2D eigenvalue weighted by atomic mass is 10.2. The fourth-order valence-corrected chi connectivity index (χ4v) is 1.61. The van der Waals surface area contributed by atoms with Gasteiger partial charge in [0.2, 0.25) is 0 Å². The molecule has 0 aliphatic carbocycles. The third-order valence-corrected chi connectivity index (χ3v) is 2.31. The number of nitrogens with zero attached hydrogens (tertiary/aromatic N) is 1. The molecule has 1 aromatic carbocycles. The first kappa shape index (κ1) is 8.25. The molecule has 0 saturated carbocycles. The van der Waals surface area contributed by atoms with Gasteiger partial charge < -0.3 is 5.11 Å². The molecule has 13 heavy (non-hydrogen) atoms. The van der Waals surface area contributed by atoms with Gasteiger partial charge in [-0.15, -0.1) is 0 Å². The number of benzene rings is 1. The number of aromatic hydroxyl groups is 1. The van der Waals surface area contributed by atoms with Crippen molar-refractivity contribution >= 4 is 26.8 Å². The highest BCUT2D eigenvalue weighted by Crippen LogP contribution is 2.24. The van der Waals surface area contributed by atoms with Crippen LogP contribution in [-0.2, 0) is 0 Å². The molecule has 2 rings (SSSR count). The molecule has 5 heteroatoms. The second kappa shape index (κ2) is 2.85. The van der Waals surface area contributed by atoms with Crippen LogP contribution in [0.3, 0.4) is 0 Å². The van der Waals surface area contributed by atoms with Gasteiger partial charge in [-0.3, -0.25) is 4.98 Å². The van der Waals surface area contributed by atoms with E-state index >= 15 is 0 Å². The Bertz CT molecular complexity index is 521. The maximum Gasteiger partial charge on any atom is 0.346 e. The summed E-state index contributed by atoms with van der Waals surface area (Å²) < 4.78 is 0.526. The lowest BCUT2D eigenvalue weighted by molar-refractivity contribution is 0.480. The number of fused-ring (bicyclic) bond motifs is 1. The summed E-state index contributed by atoms with van der Waals surface area (Å²) in [7, 11) is 0. The van der Waals surface area contributed by atoms with Gasteiger partial charge in [0.1, 0.15) is 11.3 Å². The lowest BCUT2D eigenvalue weighted by Gasteiger charge is -1.99. The summed E-state index contributed by atoms with van der Waals surface area (Å²) >= 11 is 3.18. The number of aromatic nitrogens is 2. The summed E-state index contributed by atoms with van der Waals surface area (Å²) in [6.07, 6.45) is 0. The number of hydrogen-bond acceptors (Lipinski definition) is 3. The van der Waals surface area contributed by atoms with Gasteiger partial charge in [0.05, 0.1) is 4.60 Å². The standard InChI is InChI=1S/C8H5BrN2O2/c9-7-4-2-1-3-5(12)6(4)10-8(13)11-7/h1-3,12H,(H,10,11,13). The van der Waals surface area contributed by atoms with E-state index in [1.165, 1.54) is 6.07 Å². The van der Waals surface area contributed by atoms with Crippen molar-refractivity contribution in [1.82, 2.24) is 9.97 Å². The highest BCUT2D eigenvalue weighted by Gasteiger charge is 2.04. The van der Waals surface area contributed by atoms with Gasteiger partial charge in [0, 0.05) is 5.39 Å². The van der Waals surface area contributed by atoms with Crippen LogP contribution in [0.5, 0.6) is 5.75 Å². The van der Waals surface area contributed by atoms with Gasteiger partial charge in [-0.1, -0.05) is 6.07 Å². The molecule has 0 spiro atoms. The van der Waals surface area contributed by atoms with Crippen molar-refractivity contribution in [3.8, 4) is 5.75 Å². The van der Waals surface area contributed by atoms with E-state index in [1.807, 2.05) is 0 Å². The number of aromatic amines is 1. The predicted molar refractivity (Wildman–Crippen MR) is 51.7 cm³/mol. The van der Waals surface area contributed by atoms with Crippen molar-refractivity contribution in [3.05, 3.63) is 33.3 Å². The van der Waals surface area contributed by atoms with Gasteiger partial charge >= 0.3 is 5.69 Å². The molecule has 1 heterocycles. The van der Waals surface area contributed by atoms with Crippen molar-refractivity contribution in [2.45, 2.75) is 0 Å². The SMILES string of the molecule is O=c1nc2c(O)cccc2c(Br)[nH]1. The molecule has 0 saturated heterocycles. The Morgan fingerprint density at radius 2 is 2.23 bits per heavy atom. The van der Waals surface area contributed by atoms with Crippen LogP contribution in [0.4, 0.5) is 0 Å². The fourth-order valence-electron chi connectivity index (χ4n) is 1.12. The summed E-state index contributed by atoms with van der Waals surface area (Å²) in [4.78, 5) is 17.1. The van der Waals surface area contributed by atoms with Crippen LogP contribution < -0.4 is 5.69 Å². The first-order valence-corrected chi connectivity index (χ1v) is 4.35. The van der Waals surface area contributed by atoms with Gasteiger partial charge in [-0.2, -0.15) is 4.98 Å². The second-order valence-electron chi connectivity index (χ2n) is 2.53. The molecular formula is C8H5BrN2O2. The smallest absolute Gasteiger partial charge is 0.346 e. The molecule has 0 aliphatic rings. The van der Waals surface area contributed by atoms with E-state index in [1.54, 1.807) is 12.1 Å². The molecule has 0 atom stereocenters. The number of para-hydroxylation sites is 1. The molecule has 1 aromatic heterocycles. The molecule has 2 aromatic rings. The Hall–Kier alpha value is -1.36. The Labute approximate surface area is 81.4 Å². The van der Waals surface area contributed by atoms with E-state index in [0.29, 0.717) is 15.5 Å². The third-order valence-electron chi connectivity index (χ3n) is 1.68. The zero-order valence-corrected chi connectivity index (χ0v) is 8.00. The minimum atomic E-state index is -0.485. The van der Waals surface area contributed by atoms with Crippen molar-refractivity contribution in [2.75, 3.05) is 0 Å². The number of phenolic OH excluding ortho intramolecular Hbond substituents is 1. The van der Waals surface area contributed by atoms with Crippen molar-refractivity contribution < 1.29 is 5.11 Å². The first-order chi connectivity index (χ1) is 6.18. The molecule has 0 fully saturated rings. The normalized spacial score (nSPS) is 10.5. The third kappa shape index (κ3) is 1.31. The Balaban J connectivity index is 3.03. The molecular weight excluding hydrogens is 236 g/mol. The van der Waals surface area contributed by atoms with Crippen LogP contribution in [0.15, 0.2) is 27.6 Å². The maximum atomic E-state index is 10.9. The quantitative estimate of drug-likeness (QED) is 0.685. The Kier molecular flexibility index (Phi) is 1.81. The van der Waals surface area contributed by atoms with Crippen molar-refractivity contribution in [2.24, 2.45) is 0 Å². The van der Waals surface area contributed by atoms with Crippen molar-refractivity contribution in [3.63, 3.8) is 0 Å². The van der Waals surface area contributed by atoms with E-state index in [4.69, 9.17) is 0 Å². The highest BCUT2D eigenvalue weighted by atomic mass is 79.9. The fraction of sp³-hybridized carbons (Fsp3) is 0. The summed E-state index contributed by atoms with van der Waals surface area (Å²) in [6.45, 7) is 0. The molecule has 0 unspecified atom stereocenters. The average molecular weight is 241 g/mol. The second-order valence-corrected chi connectivity index (χ2v) is 3.32. The van der Waals surface area contributed by atoms with Gasteiger partial charge in [0.15, 0.2) is 0 Å². The number of H-pyrrole nitrogens is 1. The van der Waals surface area contributed by atoms with Crippen LogP contribution in [0, 0.1) is 0 Å². The van der Waals surface area contributed by atoms with Crippen molar-refractivity contribution in [1.29, 1.82) is 0 Å². The van der Waals surface area contributed by atoms with Crippen LogP contribution in [0.25, 0.3) is 10.9 Å². The number of hydrogen-bond donors (Lipinski definition) is 2. The molecule has 0 radical (unpaired) electrons. The van der Waals surface area contributed by atoms with E-state index in [-0.39, 0.29) is 5.75 Å². The first-order valence-electron chi connectivity index (χ1n) is 3.56. The van der Waals surface area contributed by atoms with Crippen LogP contribution in [0.2, 0.25) is 0 Å². The van der Waals surface area contributed by atoms with Crippen LogP contribution in [-0.4, -0.2) is 15.1 Å². The minimum absolute atomic E-state index is 0.00398. The summed E-state index contributed by atoms with van der Waals surface area (Å²) in [5, 5.41) is 10.1. The largest absolute Gasteiger partial charge is 0.506 e. The molecule has 66 valence electrons. The van der Waals surface area contributed by atoms with Crippen LogP contribution >= 0.6 is 15.9 Å². The van der Waals surface area contributed by atoms with Gasteiger partial charge in [-0.05, 0) is 28.1 Å². The van der Waals surface area contributed by atoms with Gasteiger partial charge in [0.25, 0.3) is 0 Å². The molecule has 2 N–H and O–H groups in total. The Morgan fingerprint density at radius 1 is 1.46 bits per heavy atom. The number of rotatable bonds is 0. The zero-order chi connectivity index (χ0) is 9.42. The van der Waals surface area contributed by atoms with Crippen LogP contribution in [0.1, 0.15) is 0 Å². The average Bonchev–Trinajstić information content (AvgIpc) is 2.07.